The summed E-state index contributed by atoms with van der Waals surface area (Å²) in [5.41, 5.74) is 0. The second-order valence-electron chi connectivity index (χ2n) is 16.8. The predicted octanol–water partition coefficient (Wildman–Crippen LogP) is 18.2. The Hall–Kier alpha value is -0.0800. The number of ether oxygens (including phenoxy) is 1. The highest BCUT2D eigenvalue weighted by Gasteiger charge is 1.98. The first-order chi connectivity index (χ1) is 25.8. The van der Waals surface area contributed by atoms with Gasteiger partial charge in [0.15, 0.2) is 0 Å². The second kappa shape index (κ2) is 55.3. The molecular weight excluding hydrogens is 633 g/mol. The molecule has 0 fully saturated rings. The van der Waals surface area contributed by atoms with Gasteiger partial charge in [0.2, 0.25) is 0 Å². The Morgan fingerprint density at radius 3 is 0.538 bits per heavy atom. The van der Waals surface area contributed by atoms with Gasteiger partial charge in [-0.25, -0.2) is 0 Å². The lowest BCUT2D eigenvalue weighted by Gasteiger charge is -2.05. The maximum atomic E-state index is 8.64. The van der Waals surface area contributed by atoms with Gasteiger partial charge in [0, 0.05) is 19.8 Å². The van der Waals surface area contributed by atoms with Gasteiger partial charge in [-0.2, -0.15) is 0 Å². The number of hydrogen-bond donors (Lipinski definition) is 1. The summed E-state index contributed by atoms with van der Waals surface area (Å²) in [6.45, 7) is 9.25. The minimum absolute atomic E-state index is 0.373. The molecule has 1 N–H and O–H groups in total. The monoisotopic (exact) mass is 737 g/mol. The maximum Gasteiger partial charge on any atom is 0.0466 e. The van der Waals surface area contributed by atoms with E-state index in [2.05, 4.69) is 20.8 Å². The number of aliphatic hydroxyl groups is 1. The molecule has 0 saturated heterocycles. The van der Waals surface area contributed by atoms with Crippen LogP contribution in [0, 0.1) is 0 Å². The molecule has 2 nitrogen and oxygen atoms in total. The third-order valence-corrected chi connectivity index (χ3v) is 11.3. The van der Waals surface area contributed by atoms with E-state index < -0.39 is 0 Å². The van der Waals surface area contributed by atoms with Crippen molar-refractivity contribution in [1.82, 2.24) is 0 Å². The van der Waals surface area contributed by atoms with Crippen LogP contribution < -0.4 is 0 Å². The van der Waals surface area contributed by atoms with Gasteiger partial charge < -0.3 is 9.84 Å². The Morgan fingerprint density at radius 2 is 0.365 bits per heavy atom. The molecule has 0 aliphatic carbocycles. The zero-order chi connectivity index (χ0) is 37.9. The molecule has 0 radical (unpaired) electrons. The summed E-state index contributed by atoms with van der Waals surface area (Å²) in [5, 5.41) is 8.64. The summed E-state index contributed by atoms with van der Waals surface area (Å²) in [6, 6.07) is 0. The van der Waals surface area contributed by atoms with Gasteiger partial charge in [-0.05, 0) is 19.3 Å². The number of unbranched alkanes of at least 4 members (excludes halogenated alkanes) is 41. The van der Waals surface area contributed by atoms with Crippen LogP contribution in [-0.4, -0.2) is 24.9 Å². The topological polar surface area (TPSA) is 29.5 Å². The van der Waals surface area contributed by atoms with Gasteiger partial charge in [0.05, 0.1) is 0 Å². The third kappa shape index (κ3) is 56.7. The van der Waals surface area contributed by atoms with E-state index in [9.17, 15) is 0 Å². The van der Waals surface area contributed by atoms with Crippen LogP contribution in [0.5, 0.6) is 0 Å². The van der Waals surface area contributed by atoms with E-state index in [1.807, 2.05) is 0 Å². The molecule has 0 heterocycles. The first-order valence-electron chi connectivity index (χ1n) is 25.0. The van der Waals surface area contributed by atoms with Crippen LogP contribution in [0.1, 0.15) is 303 Å². The van der Waals surface area contributed by atoms with Gasteiger partial charge in [-0.3, -0.25) is 0 Å². The molecule has 0 aliphatic rings. The first kappa shape index (κ1) is 54.0. The lowest BCUT2D eigenvalue weighted by molar-refractivity contribution is 0.125. The van der Waals surface area contributed by atoms with E-state index in [0.717, 1.165) is 19.6 Å². The van der Waals surface area contributed by atoms with Crippen molar-refractivity contribution in [2.45, 2.75) is 303 Å². The summed E-state index contributed by atoms with van der Waals surface area (Å²) in [5.74, 6) is 0. The van der Waals surface area contributed by atoms with Crippen molar-refractivity contribution < 1.29 is 9.84 Å². The van der Waals surface area contributed by atoms with Crippen LogP contribution in [0.25, 0.3) is 0 Å². The molecule has 0 amide bonds. The predicted molar refractivity (Wildman–Crippen MR) is 238 cm³/mol. The fourth-order valence-electron chi connectivity index (χ4n) is 7.56. The molecule has 52 heavy (non-hydrogen) atoms. The van der Waals surface area contributed by atoms with Crippen molar-refractivity contribution in [3.63, 3.8) is 0 Å². The van der Waals surface area contributed by atoms with Crippen LogP contribution in [0.3, 0.4) is 0 Å². The van der Waals surface area contributed by atoms with Crippen LogP contribution >= 0.6 is 0 Å². The Kier molecular flexibility index (Phi) is 57.4. The highest BCUT2D eigenvalue weighted by Crippen LogP contribution is 2.16. The first-order valence-corrected chi connectivity index (χ1v) is 25.0. The molecule has 0 aliphatic heterocycles. The molecule has 0 spiro atoms. The zero-order valence-corrected chi connectivity index (χ0v) is 37.1. The standard InChI is InChI=1S/C34H70O.C16H34O/c1-3-5-7-9-11-13-15-17-19-20-22-24-26-28-30-32-34-35-33-31-29-27-25-23-21-18-16-14-12-10-8-6-4-2;1-2-3-4-5-6-7-8-9-10-11-12-13-14-15-16-17/h3-34H2,1-2H3;17H,2-16H2,1H3. The van der Waals surface area contributed by atoms with Gasteiger partial charge in [-0.1, -0.05) is 284 Å². The molecule has 0 aromatic heterocycles. The van der Waals surface area contributed by atoms with Crippen LogP contribution in [-0.2, 0) is 4.74 Å². The Bertz CT molecular complexity index is 502. The van der Waals surface area contributed by atoms with Crippen LogP contribution in [0.2, 0.25) is 0 Å². The summed E-state index contributed by atoms with van der Waals surface area (Å²) >= 11 is 0. The Labute approximate surface area is 332 Å². The zero-order valence-electron chi connectivity index (χ0n) is 37.1. The van der Waals surface area contributed by atoms with Crippen molar-refractivity contribution in [2.75, 3.05) is 19.8 Å². The molecule has 0 bridgehead atoms. The molecule has 0 aromatic rings. The summed E-state index contributed by atoms with van der Waals surface area (Å²) < 4.78 is 5.86. The van der Waals surface area contributed by atoms with E-state index >= 15 is 0 Å². The van der Waals surface area contributed by atoms with E-state index in [1.165, 1.54) is 276 Å². The molecule has 0 atom stereocenters. The average Bonchev–Trinajstić information content (AvgIpc) is 3.16. The van der Waals surface area contributed by atoms with Crippen LogP contribution in [0.15, 0.2) is 0 Å². The highest BCUT2D eigenvalue weighted by molar-refractivity contribution is 4.52. The summed E-state index contributed by atoms with van der Waals surface area (Å²) in [6.07, 6.45) is 62.2. The van der Waals surface area contributed by atoms with E-state index in [1.54, 1.807) is 0 Å². The number of rotatable bonds is 46. The number of aliphatic hydroxyl groups excluding tert-OH is 1. The third-order valence-electron chi connectivity index (χ3n) is 11.3. The van der Waals surface area contributed by atoms with Gasteiger partial charge >= 0.3 is 0 Å². The molecule has 0 aromatic carbocycles. The van der Waals surface area contributed by atoms with Gasteiger partial charge in [-0.15, -0.1) is 0 Å². The molecule has 0 saturated carbocycles. The molecule has 0 rings (SSSR count). The Balaban J connectivity index is 0. The molecular formula is C50H104O2. The molecule has 0 unspecified atom stereocenters. The van der Waals surface area contributed by atoms with E-state index in [4.69, 9.17) is 9.84 Å². The van der Waals surface area contributed by atoms with E-state index in [-0.39, 0.29) is 0 Å². The SMILES string of the molecule is CCCCCCCCCCCCCCCCCCOCCCCCCCCCCCCCCCC.CCCCCCCCCCCCCCCCO. The average molecular weight is 737 g/mol. The van der Waals surface area contributed by atoms with Gasteiger partial charge in [0.1, 0.15) is 0 Å². The molecule has 316 valence electrons. The van der Waals surface area contributed by atoms with Crippen molar-refractivity contribution >= 4 is 0 Å². The quantitative estimate of drug-likeness (QED) is 0.0631. The van der Waals surface area contributed by atoms with Crippen molar-refractivity contribution in [1.29, 1.82) is 0 Å². The lowest BCUT2D eigenvalue weighted by atomic mass is 10.0. The lowest BCUT2D eigenvalue weighted by Crippen LogP contribution is -1.97. The van der Waals surface area contributed by atoms with Gasteiger partial charge in [0.25, 0.3) is 0 Å². The fourth-order valence-corrected chi connectivity index (χ4v) is 7.56. The van der Waals surface area contributed by atoms with Crippen molar-refractivity contribution in [3.05, 3.63) is 0 Å². The largest absolute Gasteiger partial charge is 0.396 e. The molecule has 2 heteroatoms. The minimum Gasteiger partial charge on any atom is -0.396 e. The second-order valence-corrected chi connectivity index (χ2v) is 16.8. The van der Waals surface area contributed by atoms with Crippen molar-refractivity contribution in [3.8, 4) is 0 Å². The van der Waals surface area contributed by atoms with Crippen molar-refractivity contribution in [2.24, 2.45) is 0 Å². The summed E-state index contributed by atoms with van der Waals surface area (Å²) in [7, 11) is 0. The number of hydrogen-bond acceptors (Lipinski definition) is 2. The fraction of sp³-hybridized carbons (Fsp3) is 1.00. The maximum absolute atomic E-state index is 8.64. The normalized spacial score (nSPS) is 11.3. The van der Waals surface area contributed by atoms with E-state index in [0.29, 0.717) is 6.61 Å². The smallest absolute Gasteiger partial charge is 0.0466 e. The Morgan fingerprint density at radius 1 is 0.212 bits per heavy atom. The van der Waals surface area contributed by atoms with Crippen LogP contribution in [0.4, 0.5) is 0 Å². The minimum atomic E-state index is 0.373. The highest BCUT2D eigenvalue weighted by atomic mass is 16.5. The summed E-state index contributed by atoms with van der Waals surface area (Å²) in [4.78, 5) is 0.